The second kappa shape index (κ2) is 7.72. The summed E-state index contributed by atoms with van der Waals surface area (Å²) in [6.45, 7) is 2.01. The van der Waals surface area contributed by atoms with E-state index in [9.17, 15) is 32.3 Å². The largest absolute Gasteiger partial charge is 0.465 e. The Labute approximate surface area is 165 Å². The quantitative estimate of drug-likeness (QED) is 0.718. The van der Waals surface area contributed by atoms with Crippen LogP contribution in [0.2, 0.25) is 0 Å². The molecule has 1 aliphatic carbocycles. The van der Waals surface area contributed by atoms with Gasteiger partial charge in [0.2, 0.25) is 0 Å². The van der Waals surface area contributed by atoms with Gasteiger partial charge in [0, 0.05) is 13.1 Å². The van der Waals surface area contributed by atoms with Crippen molar-refractivity contribution in [2.45, 2.75) is 50.4 Å². The lowest BCUT2D eigenvalue weighted by Gasteiger charge is -2.35. The number of nitrogens with zero attached hydrogens (tertiary/aromatic N) is 2. The van der Waals surface area contributed by atoms with Gasteiger partial charge >= 0.3 is 18.4 Å². The number of halogens is 4. The van der Waals surface area contributed by atoms with Crippen molar-refractivity contribution in [1.82, 2.24) is 9.80 Å². The van der Waals surface area contributed by atoms with E-state index in [2.05, 4.69) is 0 Å². The third kappa shape index (κ3) is 4.11. The third-order valence-electron chi connectivity index (χ3n) is 5.55. The number of carboxylic acid groups (broad SMARTS) is 1. The number of alkyl halides is 3. The van der Waals surface area contributed by atoms with Crippen molar-refractivity contribution in [3.05, 3.63) is 35.1 Å². The number of likely N-dealkylation sites (tertiary alicyclic amines) is 1. The highest BCUT2D eigenvalue weighted by Gasteiger charge is 2.54. The van der Waals surface area contributed by atoms with Gasteiger partial charge in [0.1, 0.15) is 5.82 Å². The summed E-state index contributed by atoms with van der Waals surface area (Å²) in [6.07, 6.45) is -4.76. The Balaban J connectivity index is 1.95. The molecule has 1 saturated heterocycles. The minimum atomic E-state index is -4.86. The zero-order valence-electron chi connectivity index (χ0n) is 15.8. The molecule has 0 bridgehead atoms. The van der Waals surface area contributed by atoms with E-state index >= 15 is 0 Å². The number of hydrogen-bond acceptors (Lipinski definition) is 3. The van der Waals surface area contributed by atoms with E-state index in [4.69, 9.17) is 4.74 Å². The van der Waals surface area contributed by atoms with Crippen LogP contribution in [-0.2, 0) is 16.5 Å². The molecular formula is C19H22F4N2O4. The van der Waals surface area contributed by atoms with Gasteiger partial charge in [-0.05, 0) is 50.3 Å². The molecule has 1 aromatic rings. The fraction of sp³-hybridized carbons (Fsp3) is 0.579. The number of amides is 2. The molecule has 0 aromatic heterocycles. The average Bonchev–Trinajstić information content (AvgIpc) is 3.29. The van der Waals surface area contributed by atoms with Crippen LogP contribution < -0.4 is 0 Å². The first kappa shape index (κ1) is 21.2. The maximum Gasteiger partial charge on any atom is 0.419 e. The van der Waals surface area contributed by atoms with Crippen molar-refractivity contribution in [2.24, 2.45) is 0 Å². The highest BCUT2D eigenvalue weighted by molar-refractivity contribution is 5.71. The monoisotopic (exact) mass is 418 g/mol. The second-order valence-corrected chi connectivity index (χ2v) is 7.31. The molecule has 2 aliphatic rings. The van der Waals surface area contributed by atoms with Crippen molar-refractivity contribution in [1.29, 1.82) is 0 Å². The number of carbonyl (C=O) groups is 2. The summed E-state index contributed by atoms with van der Waals surface area (Å²) in [5, 5.41) is 9.36. The van der Waals surface area contributed by atoms with Gasteiger partial charge in [0.05, 0.1) is 23.8 Å². The van der Waals surface area contributed by atoms with Crippen LogP contribution in [-0.4, -0.2) is 52.8 Å². The lowest BCUT2D eigenvalue weighted by Crippen LogP contribution is -2.49. The van der Waals surface area contributed by atoms with Crippen LogP contribution in [0, 0.1) is 5.82 Å². The standard InChI is InChI=1S/C19H22F4N2O4/c1-2-29-17(28)25(11-13-4-3-9-24(13)16(26)27)18(7-8-18)12-5-6-15(20)14(10-12)19(21,22)23/h5-6,10,13H,2-4,7-9,11H2,1H3,(H,26,27). The van der Waals surface area contributed by atoms with Gasteiger partial charge in [-0.25, -0.2) is 14.0 Å². The van der Waals surface area contributed by atoms with Gasteiger partial charge in [0.15, 0.2) is 0 Å². The van der Waals surface area contributed by atoms with Gasteiger partial charge < -0.3 is 14.7 Å². The minimum absolute atomic E-state index is 0.00383. The Hall–Kier alpha value is -2.52. The SMILES string of the molecule is CCOC(=O)N(CC1CCCN1C(=O)O)C1(c2ccc(F)c(C(F)(F)F)c2)CC1. The van der Waals surface area contributed by atoms with Gasteiger partial charge in [-0.1, -0.05) is 6.07 Å². The minimum Gasteiger partial charge on any atom is -0.465 e. The molecule has 1 heterocycles. The van der Waals surface area contributed by atoms with Crippen LogP contribution in [0.1, 0.15) is 43.7 Å². The maximum absolute atomic E-state index is 13.7. The topological polar surface area (TPSA) is 70.1 Å². The van der Waals surface area contributed by atoms with E-state index in [-0.39, 0.29) is 18.7 Å². The molecule has 0 spiro atoms. The summed E-state index contributed by atoms with van der Waals surface area (Å²) in [6, 6.07) is 2.25. The Kier molecular flexibility index (Phi) is 5.64. The predicted molar refractivity (Wildman–Crippen MR) is 93.8 cm³/mol. The fourth-order valence-corrected chi connectivity index (χ4v) is 3.98. The van der Waals surface area contributed by atoms with E-state index in [1.807, 2.05) is 0 Å². The summed E-state index contributed by atoms with van der Waals surface area (Å²) in [4.78, 5) is 26.6. The molecule has 1 aromatic carbocycles. The molecule has 1 aliphatic heterocycles. The number of ether oxygens (including phenoxy) is 1. The Bertz CT molecular complexity index is 795. The second-order valence-electron chi connectivity index (χ2n) is 7.31. The highest BCUT2D eigenvalue weighted by Crippen LogP contribution is 2.52. The van der Waals surface area contributed by atoms with Crippen molar-refractivity contribution < 1.29 is 37.0 Å². The first-order valence-corrected chi connectivity index (χ1v) is 9.41. The first-order valence-electron chi connectivity index (χ1n) is 9.41. The summed E-state index contributed by atoms with van der Waals surface area (Å²) in [5.41, 5.74) is -2.29. The summed E-state index contributed by atoms with van der Waals surface area (Å²) in [5.74, 6) is -1.38. The predicted octanol–water partition coefficient (Wildman–Crippen LogP) is 4.43. The average molecular weight is 418 g/mol. The molecule has 2 amide bonds. The zero-order chi connectivity index (χ0) is 21.4. The third-order valence-corrected chi connectivity index (χ3v) is 5.55. The van der Waals surface area contributed by atoms with Crippen molar-refractivity contribution in [3.63, 3.8) is 0 Å². The van der Waals surface area contributed by atoms with Crippen LogP contribution in [0.4, 0.5) is 27.2 Å². The van der Waals surface area contributed by atoms with Crippen LogP contribution in [0.5, 0.6) is 0 Å². The molecule has 1 unspecified atom stereocenters. The number of benzene rings is 1. The van der Waals surface area contributed by atoms with Crippen molar-refractivity contribution in [2.75, 3.05) is 19.7 Å². The van der Waals surface area contributed by atoms with E-state index in [1.165, 1.54) is 15.9 Å². The van der Waals surface area contributed by atoms with E-state index in [0.717, 1.165) is 12.1 Å². The number of carbonyl (C=O) groups excluding carboxylic acids is 1. The smallest absolute Gasteiger partial charge is 0.419 e. The Morgan fingerprint density at radius 3 is 2.59 bits per heavy atom. The number of hydrogen-bond donors (Lipinski definition) is 1. The molecule has 1 N–H and O–H groups in total. The van der Waals surface area contributed by atoms with Crippen LogP contribution >= 0.6 is 0 Å². The van der Waals surface area contributed by atoms with Crippen LogP contribution in [0.15, 0.2) is 18.2 Å². The van der Waals surface area contributed by atoms with Gasteiger partial charge in [0.25, 0.3) is 0 Å². The molecule has 6 nitrogen and oxygen atoms in total. The van der Waals surface area contributed by atoms with Gasteiger partial charge in [-0.15, -0.1) is 0 Å². The maximum atomic E-state index is 13.7. The molecular weight excluding hydrogens is 396 g/mol. The Morgan fingerprint density at radius 1 is 1.34 bits per heavy atom. The normalized spacial score (nSPS) is 20.4. The van der Waals surface area contributed by atoms with Crippen LogP contribution in [0.25, 0.3) is 0 Å². The fourth-order valence-electron chi connectivity index (χ4n) is 3.98. The molecule has 29 heavy (non-hydrogen) atoms. The highest BCUT2D eigenvalue weighted by atomic mass is 19.4. The van der Waals surface area contributed by atoms with Crippen LogP contribution in [0.3, 0.4) is 0 Å². The lowest BCUT2D eigenvalue weighted by molar-refractivity contribution is -0.140. The summed E-state index contributed by atoms with van der Waals surface area (Å²) < 4.78 is 58.3. The molecule has 1 atom stereocenters. The lowest BCUT2D eigenvalue weighted by atomic mass is 9.99. The molecule has 2 fully saturated rings. The zero-order valence-corrected chi connectivity index (χ0v) is 15.8. The van der Waals surface area contributed by atoms with Crippen molar-refractivity contribution in [3.8, 4) is 0 Å². The first-order chi connectivity index (χ1) is 13.6. The van der Waals surface area contributed by atoms with Crippen molar-refractivity contribution >= 4 is 12.2 Å². The summed E-state index contributed by atoms with van der Waals surface area (Å²) in [7, 11) is 0. The van der Waals surface area contributed by atoms with E-state index < -0.39 is 41.3 Å². The molecule has 160 valence electrons. The molecule has 10 heteroatoms. The van der Waals surface area contributed by atoms with Gasteiger partial charge in [-0.2, -0.15) is 13.2 Å². The molecule has 3 rings (SSSR count). The Morgan fingerprint density at radius 2 is 2.03 bits per heavy atom. The number of rotatable bonds is 5. The van der Waals surface area contributed by atoms with Gasteiger partial charge in [-0.3, -0.25) is 4.90 Å². The summed E-state index contributed by atoms with van der Waals surface area (Å²) >= 11 is 0. The molecule has 0 radical (unpaired) electrons. The molecule has 1 saturated carbocycles. The van der Waals surface area contributed by atoms with E-state index in [0.29, 0.717) is 32.2 Å². The van der Waals surface area contributed by atoms with E-state index in [1.54, 1.807) is 6.92 Å².